The summed E-state index contributed by atoms with van der Waals surface area (Å²) in [6, 6.07) is 0.930. The molecule has 24 heavy (non-hydrogen) atoms. The van der Waals surface area contributed by atoms with E-state index >= 15 is 0 Å². The van der Waals surface area contributed by atoms with Crippen molar-refractivity contribution < 1.29 is 19.1 Å². The zero-order valence-electron chi connectivity index (χ0n) is 12.3. The smallest absolute Gasteiger partial charge is 0.355 e. The van der Waals surface area contributed by atoms with E-state index in [0.717, 1.165) is 0 Å². The highest BCUT2D eigenvalue weighted by Crippen LogP contribution is 2.40. The van der Waals surface area contributed by atoms with Crippen LogP contribution < -0.4 is 5.32 Å². The van der Waals surface area contributed by atoms with Gasteiger partial charge in [-0.15, -0.1) is 11.8 Å². The highest BCUT2D eigenvalue weighted by atomic mass is 35.6. The molecule has 130 valence electrons. The van der Waals surface area contributed by atoms with Crippen LogP contribution in [0.4, 0.5) is 0 Å². The lowest BCUT2D eigenvalue weighted by atomic mass is 10.0. The fraction of sp³-hybridized carbons (Fsp3) is 0.538. The van der Waals surface area contributed by atoms with Crippen LogP contribution in [0, 0.1) is 11.3 Å². The maximum atomic E-state index is 12.3. The van der Waals surface area contributed by atoms with Gasteiger partial charge in [-0.2, -0.15) is 5.26 Å². The number of amides is 2. The van der Waals surface area contributed by atoms with Gasteiger partial charge in [0.15, 0.2) is 0 Å². The predicted molar refractivity (Wildman–Crippen MR) is 89.2 cm³/mol. The van der Waals surface area contributed by atoms with Gasteiger partial charge in [-0.1, -0.05) is 34.8 Å². The Morgan fingerprint density at radius 3 is 2.75 bits per heavy atom. The molecule has 11 heteroatoms. The molecule has 2 rings (SSSR count). The number of alkyl halides is 3. The number of thioether (sulfide) groups is 1. The number of hydrogen-bond acceptors (Lipinski definition) is 6. The first-order valence-electron chi connectivity index (χ1n) is 6.70. The molecule has 0 aromatic carbocycles. The molecule has 0 spiro atoms. The number of nitrogens with zero attached hydrogens (tertiary/aromatic N) is 2. The van der Waals surface area contributed by atoms with Crippen molar-refractivity contribution >= 4 is 64.3 Å². The minimum atomic E-state index is -1.75. The number of rotatable bonds is 4. The number of nitrogens with one attached hydrogen (secondary N) is 1. The fourth-order valence-corrected chi connectivity index (χ4v) is 3.73. The number of nitriles is 1. The third-order valence-electron chi connectivity index (χ3n) is 3.28. The van der Waals surface area contributed by atoms with Crippen LogP contribution in [0.1, 0.15) is 13.3 Å². The molecule has 0 radical (unpaired) electrons. The summed E-state index contributed by atoms with van der Waals surface area (Å²) in [4.78, 5) is 37.3. The van der Waals surface area contributed by atoms with Gasteiger partial charge < -0.3 is 10.1 Å². The second-order valence-electron chi connectivity index (χ2n) is 5.11. The van der Waals surface area contributed by atoms with E-state index in [0.29, 0.717) is 11.3 Å². The van der Waals surface area contributed by atoms with Crippen molar-refractivity contribution in [2.45, 2.75) is 28.6 Å². The zero-order chi connectivity index (χ0) is 18.1. The Labute approximate surface area is 157 Å². The van der Waals surface area contributed by atoms with Crippen molar-refractivity contribution in [2.75, 3.05) is 12.4 Å². The molecule has 1 N–H and O–H groups in total. The Morgan fingerprint density at radius 2 is 2.17 bits per heavy atom. The Balaban J connectivity index is 2.09. The minimum absolute atomic E-state index is 0.101. The SMILES string of the molecule is CC1=C(C(=O)OCC(Cl)(Cl)Cl)N2C(=O)C(NC(=O)CC#N)[C@H]2SC1. The Kier molecular flexibility index (Phi) is 5.91. The largest absolute Gasteiger partial charge is 0.456 e. The molecule has 7 nitrogen and oxygen atoms in total. The number of β-lactam (4-membered cyclic amide) rings is 1. The van der Waals surface area contributed by atoms with E-state index in [1.54, 1.807) is 13.0 Å². The molecule has 2 aliphatic heterocycles. The Morgan fingerprint density at radius 1 is 1.50 bits per heavy atom. The first-order chi connectivity index (χ1) is 11.2. The molecular formula is C13H12Cl3N3O4S. The molecular weight excluding hydrogens is 401 g/mol. The second-order valence-corrected chi connectivity index (χ2v) is 8.73. The number of ether oxygens (including phenoxy) is 1. The van der Waals surface area contributed by atoms with Crippen LogP contribution in [0.15, 0.2) is 11.3 Å². The van der Waals surface area contributed by atoms with Crippen LogP contribution in [-0.2, 0) is 19.1 Å². The quantitative estimate of drug-likeness (QED) is 0.427. The summed E-state index contributed by atoms with van der Waals surface area (Å²) < 4.78 is 3.20. The third-order valence-corrected chi connectivity index (χ3v) is 5.03. The summed E-state index contributed by atoms with van der Waals surface area (Å²) in [6.45, 7) is 1.25. The number of esters is 1. The molecule has 1 fully saturated rings. The van der Waals surface area contributed by atoms with Gasteiger partial charge in [-0.3, -0.25) is 14.5 Å². The van der Waals surface area contributed by atoms with Crippen LogP contribution in [-0.4, -0.2) is 50.3 Å². The maximum absolute atomic E-state index is 12.3. The van der Waals surface area contributed by atoms with Gasteiger partial charge in [-0.05, 0) is 12.5 Å². The molecule has 0 bridgehead atoms. The number of hydrogen-bond donors (Lipinski definition) is 1. The summed E-state index contributed by atoms with van der Waals surface area (Å²) in [6.07, 6.45) is -0.339. The average molecular weight is 413 g/mol. The zero-order valence-corrected chi connectivity index (χ0v) is 15.4. The van der Waals surface area contributed by atoms with Crippen molar-refractivity contribution in [1.82, 2.24) is 10.2 Å². The van der Waals surface area contributed by atoms with Crippen molar-refractivity contribution in [2.24, 2.45) is 0 Å². The molecule has 0 aromatic heterocycles. The summed E-state index contributed by atoms with van der Waals surface area (Å²) in [5, 5.41) is 10.6. The molecule has 2 aliphatic rings. The lowest BCUT2D eigenvalue weighted by molar-refractivity contribution is -0.152. The molecule has 1 saturated heterocycles. The van der Waals surface area contributed by atoms with E-state index < -0.39 is 39.6 Å². The summed E-state index contributed by atoms with van der Waals surface area (Å²) >= 11 is 18.0. The second kappa shape index (κ2) is 7.40. The average Bonchev–Trinajstić information content (AvgIpc) is 2.49. The minimum Gasteiger partial charge on any atom is -0.456 e. The van der Waals surface area contributed by atoms with Crippen LogP contribution in [0.25, 0.3) is 0 Å². The third kappa shape index (κ3) is 4.09. The number of fused-ring (bicyclic) bond motifs is 1. The van der Waals surface area contributed by atoms with Crippen molar-refractivity contribution in [3.8, 4) is 6.07 Å². The first-order valence-corrected chi connectivity index (χ1v) is 8.88. The van der Waals surface area contributed by atoms with Crippen molar-refractivity contribution in [1.29, 1.82) is 5.26 Å². The number of halogens is 3. The van der Waals surface area contributed by atoms with E-state index in [1.807, 2.05) is 0 Å². The van der Waals surface area contributed by atoms with E-state index in [-0.39, 0.29) is 12.1 Å². The number of carbonyl (C=O) groups excluding carboxylic acids is 3. The predicted octanol–water partition coefficient (Wildman–Crippen LogP) is 1.49. The van der Waals surface area contributed by atoms with Crippen LogP contribution in [0.5, 0.6) is 0 Å². The van der Waals surface area contributed by atoms with Gasteiger partial charge >= 0.3 is 5.97 Å². The molecule has 2 amide bonds. The molecule has 0 aromatic rings. The van der Waals surface area contributed by atoms with Crippen LogP contribution in [0.2, 0.25) is 0 Å². The number of carbonyl (C=O) groups is 3. The molecule has 0 aliphatic carbocycles. The van der Waals surface area contributed by atoms with Crippen molar-refractivity contribution in [3.05, 3.63) is 11.3 Å². The van der Waals surface area contributed by atoms with E-state index in [9.17, 15) is 14.4 Å². The van der Waals surface area contributed by atoms with Crippen LogP contribution >= 0.6 is 46.6 Å². The standard InChI is InChI=1S/C13H12Cl3N3O4S/c1-6-4-24-11-8(18-7(20)2-3-17)10(21)19(11)9(6)12(22)23-5-13(14,15)16/h8,11H,2,4-5H2,1H3,(H,18,20)/t8?,11-/m1/s1. The Bertz CT molecular complexity index is 656. The van der Waals surface area contributed by atoms with Gasteiger partial charge in [0.2, 0.25) is 9.70 Å². The summed E-state index contributed by atoms with van der Waals surface area (Å²) in [5.74, 6) is -1.27. The van der Waals surface area contributed by atoms with Crippen molar-refractivity contribution in [3.63, 3.8) is 0 Å². The molecule has 1 unspecified atom stereocenters. The fourth-order valence-electron chi connectivity index (χ4n) is 2.27. The maximum Gasteiger partial charge on any atom is 0.355 e. The Hall–Kier alpha value is -1.14. The van der Waals surface area contributed by atoms with E-state index in [2.05, 4.69) is 5.32 Å². The van der Waals surface area contributed by atoms with E-state index in [4.69, 9.17) is 44.8 Å². The van der Waals surface area contributed by atoms with Gasteiger partial charge in [0.25, 0.3) is 5.91 Å². The van der Waals surface area contributed by atoms with Gasteiger partial charge in [0.05, 0.1) is 6.07 Å². The highest BCUT2D eigenvalue weighted by Gasteiger charge is 2.54. The summed E-state index contributed by atoms with van der Waals surface area (Å²) in [5.41, 5.74) is 0.754. The molecule has 2 atom stereocenters. The lowest BCUT2D eigenvalue weighted by Crippen LogP contribution is -2.70. The first kappa shape index (κ1) is 19.2. The molecule has 2 heterocycles. The van der Waals surface area contributed by atoms with Gasteiger partial charge in [0.1, 0.15) is 30.1 Å². The topological polar surface area (TPSA) is 99.5 Å². The monoisotopic (exact) mass is 411 g/mol. The summed E-state index contributed by atoms with van der Waals surface area (Å²) in [7, 11) is 0. The van der Waals surface area contributed by atoms with Gasteiger partial charge in [0, 0.05) is 5.75 Å². The molecule has 0 saturated carbocycles. The van der Waals surface area contributed by atoms with Crippen LogP contribution in [0.3, 0.4) is 0 Å². The van der Waals surface area contributed by atoms with Gasteiger partial charge in [-0.25, -0.2) is 4.79 Å². The highest BCUT2D eigenvalue weighted by molar-refractivity contribution is 8.00. The lowest BCUT2D eigenvalue weighted by Gasteiger charge is -2.49. The van der Waals surface area contributed by atoms with E-state index in [1.165, 1.54) is 16.7 Å². The normalized spacial score (nSPS) is 23.1.